The molecule has 110 valence electrons. The fraction of sp³-hybridized carbons (Fsp3) is 0.263. The number of ether oxygens (including phenoxy) is 1. The highest BCUT2D eigenvalue weighted by Gasteiger charge is 2.03. The summed E-state index contributed by atoms with van der Waals surface area (Å²) in [4.78, 5) is 0. The van der Waals surface area contributed by atoms with E-state index in [1.807, 2.05) is 18.2 Å². The van der Waals surface area contributed by atoms with Crippen LogP contribution in [0.1, 0.15) is 17.5 Å². The van der Waals surface area contributed by atoms with Crippen molar-refractivity contribution in [3.63, 3.8) is 0 Å². The third-order valence-corrected chi connectivity index (χ3v) is 3.25. The number of nitrogens with one attached hydrogen (secondary N) is 1. The summed E-state index contributed by atoms with van der Waals surface area (Å²) in [6, 6.07) is 18.8. The highest BCUT2D eigenvalue weighted by Crippen LogP contribution is 2.21. The molecule has 0 heterocycles. The number of rotatable bonds is 9. The van der Waals surface area contributed by atoms with Gasteiger partial charge in [0.05, 0.1) is 6.61 Å². The highest BCUT2D eigenvalue weighted by atomic mass is 16.5. The minimum Gasteiger partial charge on any atom is -0.493 e. The van der Waals surface area contributed by atoms with E-state index in [2.05, 4.69) is 54.4 Å². The van der Waals surface area contributed by atoms with Crippen molar-refractivity contribution in [1.82, 2.24) is 5.32 Å². The van der Waals surface area contributed by atoms with Crippen LogP contribution in [0.5, 0.6) is 5.75 Å². The summed E-state index contributed by atoms with van der Waals surface area (Å²) in [6.07, 6.45) is 3.77. The lowest BCUT2D eigenvalue weighted by Gasteiger charge is -2.11. The zero-order chi connectivity index (χ0) is 14.8. The van der Waals surface area contributed by atoms with E-state index in [0.29, 0.717) is 0 Å². The van der Waals surface area contributed by atoms with Gasteiger partial charge in [-0.2, -0.15) is 0 Å². The van der Waals surface area contributed by atoms with Crippen molar-refractivity contribution in [3.8, 4) is 5.75 Å². The molecule has 0 aliphatic rings. The Morgan fingerprint density at radius 2 is 1.76 bits per heavy atom. The van der Waals surface area contributed by atoms with Crippen molar-refractivity contribution in [2.75, 3.05) is 19.7 Å². The lowest BCUT2D eigenvalue weighted by molar-refractivity contribution is 0.306. The summed E-state index contributed by atoms with van der Waals surface area (Å²) in [5, 5.41) is 3.28. The summed E-state index contributed by atoms with van der Waals surface area (Å²) >= 11 is 0. The SMILES string of the molecule is C=CCNCCCOc1ccccc1Cc1ccccc1. The monoisotopic (exact) mass is 281 g/mol. The molecule has 0 aromatic heterocycles. The van der Waals surface area contributed by atoms with E-state index in [1.165, 1.54) is 11.1 Å². The molecule has 0 bridgehead atoms. The fourth-order valence-corrected chi connectivity index (χ4v) is 2.19. The predicted octanol–water partition coefficient (Wildman–Crippen LogP) is 3.82. The Bertz CT molecular complexity index is 536. The van der Waals surface area contributed by atoms with Gasteiger partial charge in [0.25, 0.3) is 0 Å². The maximum absolute atomic E-state index is 5.92. The Morgan fingerprint density at radius 1 is 1.00 bits per heavy atom. The van der Waals surface area contributed by atoms with E-state index < -0.39 is 0 Å². The molecular weight excluding hydrogens is 258 g/mol. The van der Waals surface area contributed by atoms with Crippen LogP contribution >= 0.6 is 0 Å². The lowest BCUT2D eigenvalue weighted by Crippen LogP contribution is -2.17. The normalized spacial score (nSPS) is 10.3. The molecule has 0 radical (unpaired) electrons. The van der Waals surface area contributed by atoms with Crippen molar-refractivity contribution in [2.45, 2.75) is 12.8 Å². The van der Waals surface area contributed by atoms with Gasteiger partial charge in [0.2, 0.25) is 0 Å². The van der Waals surface area contributed by atoms with Gasteiger partial charge in [-0.25, -0.2) is 0 Å². The first-order chi connectivity index (χ1) is 10.4. The van der Waals surface area contributed by atoms with Crippen molar-refractivity contribution in [1.29, 1.82) is 0 Å². The average molecular weight is 281 g/mol. The minimum absolute atomic E-state index is 0.732. The Hall–Kier alpha value is -2.06. The molecule has 0 amide bonds. The second-order valence-electron chi connectivity index (χ2n) is 4.96. The van der Waals surface area contributed by atoms with Crippen molar-refractivity contribution in [3.05, 3.63) is 78.4 Å². The van der Waals surface area contributed by atoms with Crippen molar-refractivity contribution < 1.29 is 4.74 Å². The van der Waals surface area contributed by atoms with Crippen LogP contribution in [0.25, 0.3) is 0 Å². The van der Waals surface area contributed by atoms with Gasteiger partial charge in [-0.05, 0) is 30.2 Å². The molecule has 0 unspecified atom stereocenters. The standard InChI is InChI=1S/C19H23NO/c1-2-13-20-14-8-15-21-19-12-7-6-11-18(19)16-17-9-4-3-5-10-17/h2-7,9-12,20H,1,8,13-16H2. The van der Waals surface area contributed by atoms with E-state index in [9.17, 15) is 0 Å². The Balaban J connectivity index is 1.86. The quantitative estimate of drug-likeness (QED) is 0.557. The van der Waals surface area contributed by atoms with Crippen LogP contribution < -0.4 is 10.1 Å². The fourth-order valence-electron chi connectivity index (χ4n) is 2.19. The molecule has 2 rings (SSSR count). The van der Waals surface area contributed by atoms with E-state index in [-0.39, 0.29) is 0 Å². The van der Waals surface area contributed by atoms with Crippen LogP contribution in [0.15, 0.2) is 67.3 Å². The highest BCUT2D eigenvalue weighted by molar-refractivity contribution is 5.37. The number of para-hydroxylation sites is 1. The van der Waals surface area contributed by atoms with Crippen molar-refractivity contribution in [2.24, 2.45) is 0 Å². The summed E-state index contributed by atoms with van der Waals surface area (Å²) in [6.45, 7) is 6.22. The predicted molar refractivity (Wildman–Crippen MR) is 88.9 cm³/mol. The van der Waals surface area contributed by atoms with Crippen LogP contribution in [-0.4, -0.2) is 19.7 Å². The van der Waals surface area contributed by atoms with Gasteiger partial charge < -0.3 is 10.1 Å². The van der Waals surface area contributed by atoms with Crippen LogP contribution in [0, 0.1) is 0 Å². The van der Waals surface area contributed by atoms with Crippen LogP contribution in [0.4, 0.5) is 0 Å². The molecule has 2 aromatic carbocycles. The Labute approximate surface area is 127 Å². The summed E-state index contributed by atoms with van der Waals surface area (Å²) in [5.41, 5.74) is 2.55. The first kappa shape index (κ1) is 15.3. The van der Waals surface area contributed by atoms with E-state index in [0.717, 1.165) is 38.3 Å². The molecule has 0 aliphatic carbocycles. The average Bonchev–Trinajstić information content (AvgIpc) is 2.53. The zero-order valence-corrected chi connectivity index (χ0v) is 12.4. The Kier molecular flexibility index (Phi) is 6.56. The molecule has 0 saturated heterocycles. The number of hydrogen-bond donors (Lipinski definition) is 1. The molecule has 2 aromatic rings. The van der Waals surface area contributed by atoms with Gasteiger partial charge in [-0.3, -0.25) is 0 Å². The molecule has 2 nitrogen and oxygen atoms in total. The second-order valence-corrected chi connectivity index (χ2v) is 4.96. The minimum atomic E-state index is 0.732. The zero-order valence-electron chi connectivity index (χ0n) is 12.4. The molecule has 0 saturated carbocycles. The molecular formula is C19H23NO. The smallest absolute Gasteiger partial charge is 0.122 e. The van der Waals surface area contributed by atoms with Gasteiger partial charge in [0, 0.05) is 13.0 Å². The van der Waals surface area contributed by atoms with Crippen molar-refractivity contribution >= 4 is 0 Å². The second kappa shape index (κ2) is 8.98. The first-order valence-corrected chi connectivity index (χ1v) is 7.46. The lowest BCUT2D eigenvalue weighted by atomic mass is 10.0. The van der Waals surface area contributed by atoms with E-state index in [1.54, 1.807) is 0 Å². The topological polar surface area (TPSA) is 21.3 Å². The molecule has 0 aliphatic heterocycles. The molecule has 21 heavy (non-hydrogen) atoms. The van der Waals surface area contributed by atoms with Gasteiger partial charge in [-0.1, -0.05) is 54.6 Å². The summed E-state index contributed by atoms with van der Waals surface area (Å²) < 4.78 is 5.92. The third-order valence-electron chi connectivity index (χ3n) is 3.25. The maximum atomic E-state index is 5.92. The molecule has 0 atom stereocenters. The summed E-state index contributed by atoms with van der Waals surface area (Å²) in [7, 11) is 0. The van der Waals surface area contributed by atoms with Gasteiger partial charge in [0.15, 0.2) is 0 Å². The van der Waals surface area contributed by atoms with Crippen LogP contribution in [0.2, 0.25) is 0 Å². The molecule has 1 N–H and O–H groups in total. The van der Waals surface area contributed by atoms with Gasteiger partial charge in [-0.15, -0.1) is 6.58 Å². The first-order valence-electron chi connectivity index (χ1n) is 7.46. The van der Waals surface area contributed by atoms with Gasteiger partial charge >= 0.3 is 0 Å². The number of hydrogen-bond acceptors (Lipinski definition) is 2. The van der Waals surface area contributed by atoms with Crippen LogP contribution in [-0.2, 0) is 6.42 Å². The van der Waals surface area contributed by atoms with Crippen LogP contribution in [0.3, 0.4) is 0 Å². The summed E-state index contributed by atoms with van der Waals surface area (Å²) in [5.74, 6) is 0.991. The van der Waals surface area contributed by atoms with E-state index in [4.69, 9.17) is 4.74 Å². The molecule has 0 fully saturated rings. The van der Waals surface area contributed by atoms with Gasteiger partial charge in [0.1, 0.15) is 5.75 Å². The molecule has 0 spiro atoms. The maximum Gasteiger partial charge on any atom is 0.122 e. The largest absolute Gasteiger partial charge is 0.493 e. The Morgan fingerprint density at radius 3 is 2.57 bits per heavy atom. The number of benzene rings is 2. The third kappa shape index (κ3) is 5.44. The molecule has 2 heteroatoms. The van der Waals surface area contributed by atoms with E-state index >= 15 is 0 Å².